The lowest BCUT2D eigenvalue weighted by Gasteiger charge is -2.29. The first-order chi connectivity index (χ1) is 17.5. The molecule has 0 bridgehead atoms. The highest BCUT2D eigenvalue weighted by atomic mass is 32.1. The minimum atomic E-state index is -0.511. The van der Waals surface area contributed by atoms with Crippen molar-refractivity contribution in [3.8, 4) is 0 Å². The van der Waals surface area contributed by atoms with Crippen LogP contribution in [0, 0.1) is 20.8 Å². The molecule has 7 rings (SSSR count). The van der Waals surface area contributed by atoms with E-state index >= 15 is 0 Å². The molecule has 1 fully saturated rings. The van der Waals surface area contributed by atoms with Crippen LogP contribution < -0.4 is 14.3 Å². The Morgan fingerprint density at radius 3 is 1.06 bits per heavy atom. The van der Waals surface area contributed by atoms with Crippen molar-refractivity contribution >= 4 is 100.0 Å². The Balaban J connectivity index is 1.32. The molecule has 0 aliphatic carbocycles. The highest BCUT2D eigenvalue weighted by Gasteiger charge is 2.45. The smallest absolute Gasteiger partial charge is 0.444 e. The molecule has 0 unspecified atom stereocenters. The van der Waals surface area contributed by atoms with E-state index < -0.39 is 21.4 Å². The van der Waals surface area contributed by atoms with Crippen molar-refractivity contribution in [2.75, 3.05) is 0 Å². The molecule has 1 saturated heterocycles. The largest absolute Gasteiger partial charge is 0.477 e. The van der Waals surface area contributed by atoms with Gasteiger partial charge in [-0.25, -0.2) is 0 Å². The Bertz CT molecular complexity index is 1540. The third-order valence-corrected chi connectivity index (χ3v) is 10.6. The topological polar surface area (TPSA) is 27.7 Å². The Morgan fingerprint density at radius 1 is 0.472 bits per heavy atom. The van der Waals surface area contributed by atoms with E-state index in [1.807, 2.05) is 0 Å². The van der Waals surface area contributed by atoms with Gasteiger partial charge in [0, 0.05) is 28.4 Å². The molecule has 0 saturated carbocycles. The zero-order valence-electron chi connectivity index (χ0n) is 20.1. The zero-order valence-corrected chi connectivity index (χ0v) is 22.6. The van der Waals surface area contributed by atoms with Gasteiger partial charge in [0.25, 0.3) is 0 Å². The lowest BCUT2D eigenvalue weighted by atomic mass is 9.67. The summed E-state index contributed by atoms with van der Waals surface area (Å²) in [5.41, 5.74) is 3.80. The summed E-state index contributed by atoms with van der Waals surface area (Å²) in [6.07, 6.45) is 0. The number of aryl methyl sites for hydroxylation is 3. The molecular formula is C27H21B3O3S3. The summed E-state index contributed by atoms with van der Waals surface area (Å²) < 4.78 is 26.6. The van der Waals surface area contributed by atoms with Crippen molar-refractivity contribution in [2.24, 2.45) is 0 Å². The van der Waals surface area contributed by atoms with Gasteiger partial charge in [-0.2, -0.15) is 0 Å². The summed E-state index contributed by atoms with van der Waals surface area (Å²) in [5, 5.41) is 3.66. The van der Waals surface area contributed by atoms with E-state index in [2.05, 4.69) is 93.6 Å². The maximum absolute atomic E-state index is 6.53. The second-order valence-corrected chi connectivity index (χ2v) is 12.6. The van der Waals surface area contributed by atoms with E-state index in [1.165, 1.54) is 46.9 Å². The third-order valence-electron chi connectivity index (χ3n) is 6.72. The third kappa shape index (κ3) is 3.86. The number of fused-ring (bicyclic) bond motifs is 3. The normalized spacial score (nSPS) is 14.6. The second kappa shape index (κ2) is 8.87. The first-order valence-corrected chi connectivity index (χ1v) is 14.4. The first kappa shape index (κ1) is 22.8. The van der Waals surface area contributed by atoms with Crippen molar-refractivity contribution in [3.05, 3.63) is 89.5 Å². The van der Waals surface area contributed by atoms with Gasteiger partial charge < -0.3 is 13.7 Å². The SMILES string of the molecule is Cc1cccc2cc(B3OB(c4cc5cccc(C)c5s4)OB(c4cc5cccc(C)c5s4)O3)sc12. The number of hydrogen-bond acceptors (Lipinski definition) is 6. The number of thiophene rings is 3. The van der Waals surface area contributed by atoms with Gasteiger partial charge in [-0.1, -0.05) is 54.6 Å². The van der Waals surface area contributed by atoms with Crippen LogP contribution in [0.15, 0.2) is 72.8 Å². The molecule has 0 spiro atoms. The molecule has 0 N–H and O–H groups in total. The Kier molecular flexibility index (Phi) is 5.62. The van der Waals surface area contributed by atoms with Crippen LogP contribution in [0.2, 0.25) is 0 Å². The Morgan fingerprint density at radius 2 is 0.778 bits per heavy atom. The number of benzene rings is 3. The fourth-order valence-corrected chi connectivity index (χ4v) is 8.18. The molecule has 0 atom stereocenters. The van der Waals surface area contributed by atoms with Crippen molar-refractivity contribution in [1.29, 1.82) is 0 Å². The maximum atomic E-state index is 6.53. The highest BCUT2D eigenvalue weighted by molar-refractivity contribution is 7.32. The van der Waals surface area contributed by atoms with Crippen LogP contribution >= 0.6 is 34.0 Å². The van der Waals surface area contributed by atoms with E-state index in [0.717, 1.165) is 14.3 Å². The van der Waals surface area contributed by atoms with E-state index in [9.17, 15) is 0 Å². The van der Waals surface area contributed by atoms with E-state index in [1.54, 1.807) is 34.0 Å². The highest BCUT2D eigenvalue weighted by Crippen LogP contribution is 2.28. The van der Waals surface area contributed by atoms with Crippen molar-refractivity contribution < 1.29 is 13.7 Å². The minimum absolute atomic E-state index is 0.511. The second-order valence-electron chi connectivity index (χ2n) is 9.33. The predicted molar refractivity (Wildman–Crippen MR) is 159 cm³/mol. The van der Waals surface area contributed by atoms with Crippen LogP contribution in [0.1, 0.15) is 16.7 Å². The number of hydrogen-bond donors (Lipinski definition) is 0. The van der Waals surface area contributed by atoms with Crippen LogP contribution in [-0.4, -0.2) is 21.4 Å². The molecule has 3 aromatic heterocycles. The molecule has 0 radical (unpaired) electrons. The molecule has 1 aliphatic rings. The van der Waals surface area contributed by atoms with Gasteiger partial charge in [0.15, 0.2) is 0 Å². The standard InChI is InChI=1S/C27H21B3O3S3/c1-16-7-4-10-19-13-22(34-25(16)19)28-31-29(23-14-20-11-5-8-17(2)26(20)35-23)33-30(32-28)24-15-21-12-6-9-18(3)27(21)36-24/h4-15H,1-3H3. The van der Waals surface area contributed by atoms with Gasteiger partial charge in [-0.15, -0.1) is 34.0 Å². The number of rotatable bonds is 3. The van der Waals surface area contributed by atoms with Gasteiger partial charge in [-0.05, 0) is 71.8 Å². The van der Waals surface area contributed by atoms with Crippen LogP contribution in [-0.2, 0) is 13.7 Å². The summed E-state index contributed by atoms with van der Waals surface area (Å²) in [5.74, 6) is 0. The van der Waals surface area contributed by atoms with Gasteiger partial charge in [0.05, 0.1) is 0 Å². The molecule has 0 amide bonds. The average molecular weight is 522 g/mol. The van der Waals surface area contributed by atoms with Crippen molar-refractivity contribution in [1.82, 2.24) is 0 Å². The Labute approximate surface area is 223 Å². The van der Waals surface area contributed by atoms with Crippen molar-refractivity contribution in [3.63, 3.8) is 0 Å². The molecule has 3 nitrogen and oxygen atoms in total. The van der Waals surface area contributed by atoms with E-state index in [4.69, 9.17) is 13.7 Å². The molecule has 6 aromatic rings. The quantitative estimate of drug-likeness (QED) is 0.275. The van der Waals surface area contributed by atoms with Crippen LogP contribution in [0.3, 0.4) is 0 Å². The van der Waals surface area contributed by atoms with E-state index in [0.29, 0.717) is 0 Å². The zero-order chi connectivity index (χ0) is 24.4. The lowest BCUT2D eigenvalue weighted by Crippen LogP contribution is -2.60. The molecule has 174 valence electrons. The first-order valence-electron chi connectivity index (χ1n) is 12.0. The van der Waals surface area contributed by atoms with Gasteiger partial charge >= 0.3 is 21.4 Å². The van der Waals surface area contributed by atoms with Crippen molar-refractivity contribution in [2.45, 2.75) is 20.8 Å². The molecule has 1 aliphatic heterocycles. The summed E-state index contributed by atoms with van der Waals surface area (Å²) in [4.78, 5) is 0. The molecular weight excluding hydrogens is 501 g/mol. The molecule has 4 heterocycles. The fourth-order valence-electron chi connectivity index (χ4n) is 4.87. The van der Waals surface area contributed by atoms with Gasteiger partial charge in [0.1, 0.15) is 0 Å². The van der Waals surface area contributed by atoms with Crippen LogP contribution in [0.5, 0.6) is 0 Å². The molecule has 3 aromatic carbocycles. The fraction of sp³-hybridized carbons (Fsp3) is 0.111. The lowest BCUT2D eigenvalue weighted by molar-refractivity contribution is 0.310. The van der Waals surface area contributed by atoms with Crippen LogP contribution in [0.25, 0.3) is 30.3 Å². The summed E-state index contributed by atoms with van der Waals surface area (Å²) in [6, 6.07) is 25.8. The summed E-state index contributed by atoms with van der Waals surface area (Å²) in [7, 11) is -1.53. The summed E-state index contributed by atoms with van der Waals surface area (Å²) in [6.45, 7) is 6.46. The Hall–Kier alpha value is -2.39. The van der Waals surface area contributed by atoms with E-state index in [-0.39, 0.29) is 0 Å². The van der Waals surface area contributed by atoms with Crippen LogP contribution in [0.4, 0.5) is 0 Å². The average Bonchev–Trinajstić information content (AvgIpc) is 3.61. The summed E-state index contributed by atoms with van der Waals surface area (Å²) >= 11 is 5.22. The molecule has 36 heavy (non-hydrogen) atoms. The predicted octanol–water partition coefficient (Wildman–Crippen LogP) is 5.81. The monoisotopic (exact) mass is 522 g/mol. The minimum Gasteiger partial charge on any atom is -0.444 e. The van der Waals surface area contributed by atoms with Gasteiger partial charge in [-0.3, -0.25) is 0 Å². The molecule has 9 heteroatoms. The van der Waals surface area contributed by atoms with Gasteiger partial charge in [0.2, 0.25) is 0 Å². The maximum Gasteiger partial charge on any atom is 0.477 e.